The van der Waals surface area contributed by atoms with Gasteiger partial charge in [0.2, 0.25) is 0 Å². The third-order valence-corrected chi connectivity index (χ3v) is 5.40. The Hall–Kier alpha value is -1.71. The molecule has 1 aromatic heterocycles. The van der Waals surface area contributed by atoms with Crippen LogP contribution in [-0.4, -0.2) is 23.0 Å². The van der Waals surface area contributed by atoms with E-state index < -0.39 is 0 Å². The summed E-state index contributed by atoms with van der Waals surface area (Å²) in [5.41, 5.74) is 3.64. The lowest BCUT2D eigenvalue weighted by Gasteiger charge is -2.32. The highest BCUT2D eigenvalue weighted by Crippen LogP contribution is 2.24. The average Bonchev–Trinajstić information content (AvgIpc) is 2.68. The fourth-order valence-corrected chi connectivity index (χ4v) is 3.73. The van der Waals surface area contributed by atoms with Crippen LogP contribution in [0.5, 0.6) is 0 Å². The number of rotatable bonds is 6. The lowest BCUT2D eigenvalue weighted by Crippen LogP contribution is -2.33. The zero-order valence-corrected chi connectivity index (χ0v) is 15.8. The molecule has 134 valence electrons. The van der Waals surface area contributed by atoms with E-state index in [4.69, 9.17) is 4.98 Å². The molecule has 1 saturated heterocycles. The molecular weight excluding hydrogens is 306 g/mol. The van der Waals surface area contributed by atoms with Gasteiger partial charge in [-0.1, -0.05) is 42.8 Å². The minimum atomic E-state index is 0.226. The summed E-state index contributed by atoms with van der Waals surface area (Å²) in [4.78, 5) is 7.56. The summed E-state index contributed by atoms with van der Waals surface area (Å²) in [5.74, 6) is 0. The third-order valence-electron chi connectivity index (χ3n) is 5.40. The van der Waals surface area contributed by atoms with Crippen LogP contribution in [0.15, 0.2) is 48.5 Å². The van der Waals surface area contributed by atoms with Gasteiger partial charge in [-0.15, -0.1) is 0 Å². The largest absolute Gasteiger partial charge is 0.302 e. The molecule has 3 rings (SSSR count). The molecule has 1 aliphatic heterocycles. The minimum Gasteiger partial charge on any atom is -0.302 e. The molecule has 0 amide bonds. The average molecular weight is 338 g/mol. The zero-order valence-electron chi connectivity index (χ0n) is 15.8. The second-order valence-electron chi connectivity index (χ2n) is 7.28. The number of benzene rings is 1. The highest BCUT2D eigenvalue weighted by atomic mass is 15.2. The Morgan fingerprint density at radius 2 is 1.48 bits per heavy atom. The molecule has 1 N–H and O–H groups in total. The molecule has 3 heteroatoms. The minimum absolute atomic E-state index is 0.226. The maximum Gasteiger partial charge on any atom is 0.0576 e. The van der Waals surface area contributed by atoms with Gasteiger partial charge in [0, 0.05) is 18.1 Å². The van der Waals surface area contributed by atoms with Crippen molar-refractivity contribution in [1.29, 1.82) is 0 Å². The van der Waals surface area contributed by atoms with E-state index in [1.54, 1.807) is 0 Å². The van der Waals surface area contributed by atoms with Crippen molar-refractivity contribution in [3.05, 3.63) is 65.5 Å². The Morgan fingerprint density at radius 1 is 0.800 bits per heavy atom. The van der Waals surface area contributed by atoms with E-state index in [0.29, 0.717) is 12.1 Å². The van der Waals surface area contributed by atoms with E-state index in [1.807, 2.05) is 0 Å². The van der Waals surface area contributed by atoms with Crippen LogP contribution in [0.25, 0.3) is 0 Å². The van der Waals surface area contributed by atoms with E-state index in [2.05, 4.69) is 79.5 Å². The molecule has 0 bridgehead atoms. The molecule has 1 aromatic carbocycles. The van der Waals surface area contributed by atoms with Crippen molar-refractivity contribution in [2.24, 2.45) is 0 Å². The molecule has 0 spiro atoms. The molecule has 25 heavy (non-hydrogen) atoms. The summed E-state index contributed by atoms with van der Waals surface area (Å²) >= 11 is 0. The van der Waals surface area contributed by atoms with Crippen LogP contribution in [0, 0.1) is 0 Å². The Bertz CT molecular complexity index is 649. The predicted octanol–water partition coefficient (Wildman–Crippen LogP) is 5.04. The Morgan fingerprint density at radius 3 is 2.20 bits per heavy atom. The Balaban J connectivity index is 1.67. The quantitative estimate of drug-likeness (QED) is 0.800. The van der Waals surface area contributed by atoms with Crippen LogP contribution < -0.4 is 5.32 Å². The van der Waals surface area contributed by atoms with E-state index in [0.717, 1.165) is 5.69 Å². The van der Waals surface area contributed by atoms with Gasteiger partial charge in [0.15, 0.2) is 0 Å². The molecular formula is C22H31N3. The van der Waals surface area contributed by atoms with Crippen molar-refractivity contribution in [3.63, 3.8) is 0 Å². The first-order chi connectivity index (χ1) is 12.1. The highest BCUT2D eigenvalue weighted by Gasteiger charge is 2.20. The van der Waals surface area contributed by atoms with Crippen LogP contribution in [0.4, 0.5) is 0 Å². The van der Waals surface area contributed by atoms with E-state index in [-0.39, 0.29) is 6.04 Å². The SMILES string of the molecule is C[C@H](N[C@H](C)c1ccccc1)c1cccc([C@H](C)N2CCCCC2)n1. The molecule has 0 radical (unpaired) electrons. The first-order valence-corrected chi connectivity index (χ1v) is 9.67. The van der Waals surface area contributed by atoms with Crippen molar-refractivity contribution in [1.82, 2.24) is 15.2 Å². The number of nitrogens with zero attached hydrogens (tertiary/aromatic N) is 2. The standard InChI is InChI=1S/C22H31N3/c1-17(20-11-6-4-7-12-20)23-18(2)21-13-10-14-22(24-21)19(3)25-15-8-5-9-16-25/h4,6-7,10-14,17-19,23H,5,8-9,15-16H2,1-3H3/t17-,18+,19+/m1/s1. The van der Waals surface area contributed by atoms with Gasteiger partial charge in [0.1, 0.15) is 0 Å². The van der Waals surface area contributed by atoms with Crippen LogP contribution in [0.2, 0.25) is 0 Å². The number of hydrogen-bond donors (Lipinski definition) is 1. The van der Waals surface area contributed by atoms with Gasteiger partial charge in [0.05, 0.1) is 11.4 Å². The summed E-state index contributed by atoms with van der Waals surface area (Å²) in [6.45, 7) is 9.11. The predicted molar refractivity (Wildman–Crippen MR) is 104 cm³/mol. The van der Waals surface area contributed by atoms with Gasteiger partial charge in [0.25, 0.3) is 0 Å². The van der Waals surface area contributed by atoms with Gasteiger partial charge in [-0.05, 0) is 64.4 Å². The van der Waals surface area contributed by atoms with E-state index in [1.165, 1.54) is 43.6 Å². The molecule has 2 heterocycles. The van der Waals surface area contributed by atoms with Gasteiger partial charge < -0.3 is 5.32 Å². The number of likely N-dealkylation sites (tertiary alicyclic amines) is 1. The fourth-order valence-electron chi connectivity index (χ4n) is 3.73. The van der Waals surface area contributed by atoms with Crippen molar-refractivity contribution >= 4 is 0 Å². The number of piperidine rings is 1. The van der Waals surface area contributed by atoms with E-state index >= 15 is 0 Å². The van der Waals surface area contributed by atoms with Crippen LogP contribution in [0.3, 0.4) is 0 Å². The number of nitrogens with one attached hydrogen (secondary N) is 1. The van der Waals surface area contributed by atoms with Gasteiger partial charge >= 0.3 is 0 Å². The number of pyridine rings is 1. The summed E-state index contributed by atoms with van der Waals surface area (Å²) < 4.78 is 0. The first-order valence-electron chi connectivity index (χ1n) is 9.67. The third kappa shape index (κ3) is 4.68. The summed E-state index contributed by atoms with van der Waals surface area (Å²) in [7, 11) is 0. The van der Waals surface area contributed by atoms with Gasteiger partial charge in [-0.25, -0.2) is 0 Å². The van der Waals surface area contributed by atoms with Gasteiger partial charge in [-0.3, -0.25) is 9.88 Å². The smallest absolute Gasteiger partial charge is 0.0576 e. The summed E-state index contributed by atoms with van der Waals surface area (Å²) in [5, 5.41) is 3.68. The second kappa shape index (κ2) is 8.59. The fraction of sp³-hybridized carbons (Fsp3) is 0.500. The highest BCUT2D eigenvalue weighted by molar-refractivity contribution is 5.20. The number of aromatic nitrogens is 1. The second-order valence-corrected chi connectivity index (χ2v) is 7.28. The summed E-state index contributed by atoms with van der Waals surface area (Å²) in [6.07, 6.45) is 4.00. The van der Waals surface area contributed by atoms with Crippen LogP contribution in [-0.2, 0) is 0 Å². The van der Waals surface area contributed by atoms with Crippen molar-refractivity contribution in [2.75, 3.05) is 13.1 Å². The van der Waals surface area contributed by atoms with Crippen LogP contribution >= 0.6 is 0 Å². The Labute approximate surface area is 152 Å². The molecule has 0 unspecified atom stereocenters. The maximum absolute atomic E-state index is 4.99. The molecule has 0 aliphatic carbocycles. The molecule has 1 fully saturated rings. The first kappa shape index (κ1) is 18.1. The van der Waals surface area contributed by atoms with Crippen molar-refractivity contribution < 1.29 is 0 Å². The molecule has 0 saturated carbocycles. The summed E-state index contributed by atoms with van der Waals surface area (Å²) in [6, 6.07) is 18.0. The lowest BCUT2D eigenvalue weighted by molar-refractivity contribution is 0.171. The molecule has 1 aliphatic rings. The number of hydrogen-bond acceptors (Lipinski definition) is 3. The molecule has 3 atom stereocenters. The molecule has 2 aromatic rings. The monoisotopic (exact) mass is 337 g/mol. The lowest BCUT2D eigenvalue weighted by atomic mass is 10.0. The van der Waals surface area contributed by atoms with Gasteiger partial charge in [-0.2, -0.15) is 0 Å². The topological polar surface area (TPSA) is 28.2 Å². The normalized spacial score (nSPS) is 19.3. The van der Waals surface area contributed by atoms with E-state index in [9.17, 15) is 0 Å². The van der Waals surface area contributed by atoms with Crippen molar-refractivity contribution in [3.8, 4) is 0 Å². The zero-order chi connectivity index (χ0) is 17.6. The van der Waals surface area contributed by atoms with Crippen LogP contribution in [0.1, 0.15) is 75.1 Å². The molecule has 3 nitrogen and oxygen atoms in total. The Kier molecular flexibility index (Phi) is 6.22. The maximum atomic E-state index is 4.99. The van der Waals surface area contributed by atoms with Crippen molar-refractivity contribution in [2.45, 2.75) is 58.2 Å².